The van der Waals surface area contributed by atoms with E-state index in [-0.39, 0.29) is 0 Å². The van der Waals surface area contributed by atoms with Crippen molar-refractivity contribution >= 4 is 0 Å². The first-order valence-electron chi connectivity index (χ1n) is 5.20. The molecule has 0 saturated carbocycles. The molecule has 0 unspecified atom stereocenters. The third-order valence-corrected chi connectivity index (χ3v) is 2.57. The zero-order chi connectivity index (χ0) is 10.7. The quantitative estimate of drug-likeness (QED) is 0.783. The highest BCUT2D eigenvalue weighted by Crippen LogP contribution is 2.21. The fourth-order valence-corrected chi connectivity index (χ4v) is 1.75. The summed E-state index contributed by atoms with van der Waals surface area (Å²) in [7, 11) is 1.97. The minimum Gasteiger partial charge on any atom is -0.358 e. The largest absolute Gasteiger partial charge is 0.358 e. The molecule has 0 atom stereocenters. The third-order valence-electron chi connectivity index (χ3n) is 2.57. The van der Waals surface area contributed by atoms with Crippen LogP contribution in [0.2, 0.25) is 0 Å². The van der Waals surface area contributed by atoms with Gasteiger partial charge < -0.3 is 10.3 Å². The first-order valence-corrected chi connectivity index (χ1v) is 5.20. The second kappa shape index (κ2) is 4.32. The first kappa shape index (κ1) is 9.99. The van der Waals surface area contributed by atoms with Crippen LogP contribution in [0.1, 0.15) is 11.3 Å². The van der Waals surface area contributed by atoms with Crippen molar-refractivity contribution in [1.82, 2.24) is 10.3 Å². The van der Waals surface area contributed by atoms with Gasteiger partial charge in [0.25, 0.3) is 0 Å². The highest BCUT2D eigenvalue weighted by molar-refractivity contribution is 5.61. The van der Waals surface area contributed by atoms with Crippen molar-refractivity contribution in [2.24, 2.45) is 0 Å². The van der Waals surface area contributed by atoms with Gasteiger partial charge in [-0.3, -0.25) is 0 Å². The summed E-state index contributed by atoms with van der Waals surface area (Å²) < 4.78 is 0. The highest BCUT2D eigenvalue weighted by atomic mass is 14.8. The van der Waals surface area contributed by atoms with E-state index in [2.05, 4.69) is 47.6 Å². The van der Waals surface area contributed by atoms with Crippen LogP contribution < -0.4 is 5.32 Å². The molecule has 0 radical (unpaired) electrons. The molecule has 0 bridgehead atoms. The SMILES string of the molecule is CNCc1cc(-c2ccccc2)[nH]c1C. The molecule has 0 amide bonds. The average molecular weight is 200 g/mol. The Bertz CT molecular complexity index is 429. The second-order valence-electron chi connectivity index (χ2n) is 3.73. The Morgan fingerprint density at radius 2 is 1.93 bits per heavy atom. The molecule has 78 valence electrons. The summed E-state index contributed by atoms with van der Waals surface area (Å²) in [6.07, 6.45) is 0. The lowest BCUT2D eigenvalue weighted by atomic mass is 10.1. The van der Waals surface area contributed by atoms with Crippen LogP contribution in [0, 0.1) is 6.92 Å². The van der Waals surface area contributed by atoms with Crippen LogP contribution >= 0.6 is 0 Å². The molecule has 0 aliphatic heterocycles. The van der Waals surface area contributed by atoms with E-state index in [1.54, 1.807) is 0 Å². The molecular formula is C13H16N2. The van der Waals surface area contributed by atoms with Gasteiger partial charge in [-0.25, -0.2) is 0 Å². The normalized spacial score (nSPS) is 10.5. The Labute approximate surface area is 90.3 Å². The van der Waals surface area contributed by atoms with E-state index in [0.29, 0.717) is 0 Å². The summed E-state index contributed by atoms with van der Waals surface area (Å²) in [5, 5.41) is 3.17. The number of hydrogen-bond donors (Lipinski definition) is 2. The van der Waals surface area contributed by atoms with Gasteiger partial charge in [0.1, 0.15) is 0 Å². The van der Waals surface area contributed by atoms with Gasteiger partial charge in [0, 0.05) is 17.9 Å². The molecule has 1 aromatic carbocycles. The summed E-state index contributed by atoms with van der Waals surface area (Å²) in [5.74, 6) is 0. The Morgan fingerprint density at radius 1 is 1.20 bits per heavy atom. The summed E-state index contributed by atoms with van der Waals surface area (Å²) in [6, 6.07) is 12.6. The van der Waals surface area contributed by atoms with Crippen molar-refractivity contribution < 1.29 is 0 Å². The van der Waals surface area contributed by atoms with Crippen LogP contribution in [0.25, 0.3) is 11.3 Å². The van der Waals surface area contributed by atoms with Gasteiger partial charge in [0.15, 0.2) is 0 Å². The molecule has 0 spiro atoms. The van der Waals surface area contributed by atoms with Crippen LogP contribution in [0.3, 0.4) is 0 Å². The molecule has 2 aromatic rings. The van der Waals surface area contributed by atoms with Gasteiger partial charge in [-0.05, 0) is 31.2 Å². The zero-order valence-electron chi connectivity index (χ0n) is 9.17. The number of rotatable bonds is 3. The van der Waals surface area contributed by atoms with Gasteiger partial charge in [0.2, 0.25) is 0 Å². The molecule has 15 heavy (non-hydrogen) atoms. The maximum absolute atomic E-state index is 3.41. The number of aryl methyl sites for hydroxylation is 1. The van der Waals surface area contributed by atoms with Crippen molar-refractivity contribution in [3.63, 3.8) is 0 Å². The molecule has 1 aromatic heterocycles. The Balaban J connectivity index is 2.34. The summed E-state index contributed by atoms with van der Waals surface area (Å²) >= 11 is 0. The summed E-state index contributed by atoms with van der Waals surface area (Å²) in [4.78, 5) is 3.41. The lowest BCUT2D eigenvalue weighted by Gasteiger charge is -1.95. The maximum Gasteiger partial charge on any atom is 0.0459 e. The van der Waals surface area contributed by atoms with Crippen LogP contribution in [-0.4, -0.2) is 12.0 Å². The van der Waals surface area contributed by atoms with Crippen LogP contribution in [0.15, 0.2) is 36.4 Å². The fourth-order valence-electron chi connectivity index (χ4n) is 1.75. The molecule has 0 fully saturated rings. The molecule has 2 rings (SSSR count). The van der Waals surface area contributed by atoms with Gasteiger partial charge in [0.05, 0.1) is 0 Å². The van der Waals surface area contributed by atoms with E-state index >= 15 is 0 Å². The fraction of sp³-hybridized carbons (Fsp3) is 0.231. The lowest BCUT2D eigenvalue weighted by molar-refractivity contribution is 0.812. The topological polar surface area (TPSA) is 27.8 Å². The minimum atomic E-state index is 0.912. The molecular weight excluding hydrogens is 184 g/mol. The summed E-state index contributed by atoms with van der Waals surface area (Å²) in [6.45, 7) is 3.02. The number of aromatic nitrogens is 1. The van der Waals surface area contributed by atoms with Gasteiger partial charge in [-0.1, -0.05) is 30.3 Å². The van der Waals surface area contributed by atoms with Crippen molar-refractivity contribution in [2.75, 3.05) is 7.05 Å². The van der Waals surface area contributed by atoms with Gasteiger partial charge in [-0.15, -0.1) is 0 Å². The molecule has 0 aliphatic carbocycles. The zero-order valence-corrected chi connectivity index (χ0v) is 9.17. The van der Waals surface area contributed by atoms with Crippen molar-refractivity contribution in [3.05, 3.63) is 47.7 Å². The highest BCUT2D eigenvalue weighted by Gasteiger charge is 2.04. The van der Waals surface area contributed by atoms with Crippen molar-refractivity contribution in [3.8, 4) is 11.3 Å². The number of H-pyrrole nitrogens is 1. The summed E-state index contributed by atoms with van der Waals surface area (Å²) in [5.41, 5.74) is 5.00. The van der Waals surface area contributed by atoms with Crippen molar-refractivity contribution in [2.45, 2.75) is 13.5 Å². The van der Waals surface area contributed by atoms with Crippen LogP contribution in [-0.2, 0) is 6.54 Å². The van der Waals surface area contributed by atoms with E-state index < -0.39 is 0 Å². The number of hydrogen-bond acceptors (Lipinski definition) is 1. The number of benzene rings is 1. The monoisotopic (exact) mass is 200 g/mol. The molecule has 0 saturated heterocycles. The molecule has 2 N–H and O–H groups in total. The Kier molecular flexibility index (Phi) is 2.88. The predicted molar refractivity (Wildman–Crippen MR) is 63.7 cm³/mol. The number of nitrogens with one attached hydrogen (secondary N) is 2. The van der Waals surface area contributed by atoms with E-state index in [9.17, 15) is 0 Å². The Morgan fingerprint density at radius 3 is 2.60 bits per heavy atom. The second-order valence-corrected chi connectivity index (χ2v) is 3.73. The minimum absolute atomic E-state index is 0.912. The maximum atomic E-state index is 3.41. The Hall–Kier alpha value is -1.54. The average Bonchev–Trinajstić information content (AvgIpc) is 2.63. The predicted octanol–water partition coefficient (Wildman–Crippen LogP) is 2.71. The van der Waals surface area contributed by atoms with E-state index in [1.165, 1.54) is 22.5 Å². The van der Waals surface area contributed by atoms with Gasteiger partial charge >= 0.3 is 0 Å². The number of aromatic amines is 1. The van der Waals surface area contributed by atoms with E-state index in [4.69, 9.17) is 0 Å². The van der Waals surface area contributed by atoms with Crippen LogP contribution in [0.4, 0.5) is 0 Å². The van der Waals surface area contributed by atoms with E-state index in [1.807, 2.05) is 13.1 Å². The van der Waals surface area contributed by atoms with Crippen LogP contribution in [0.5, 0.6) is 0 Å². The standard InChI is InChI=1S/C13H16N2/c1-10-12(9-14-2)8-13(15-10)11-6-4-3-5-7-11/h3-8,14-15H,9H2,1-2H3. The molecule has 2 nitrogen and oxygen atoms in total. The van der Waals surface area contributed by atoms with Crippen molar-refractivity contribution in [1.29, 1.82) is 0 Å². The third kappa shape index (κ3) is 2.10. The van der Waals surface area contributed by atoms with Gasteiger partial charge in [-0.2, -0.15) is 0 Å². The molecule has 2 heteroatoms. The smallest absolute Gasteiger partial charge is 0.0459 e. The first-order chi connectivity index (χ1) is 7.31. The lowest BCUT2D eigenvalue weighted by Crippen LogP contribution is -2.04. The molecule has 1 heterocycles. The van der Waals surface area contributed by atoms with E-state index in [0.717, 1.165) is 6.54 Å². The molecule has 0 aliphatic rings.